The first-order valence-electron chi connectivity index (χ1n) is 9.04. The maximum absolute atomic E-state index is 11.9. The third-order valence-corrected chi connectivity index (χ3v) is 4.07. The first kappa shape index (κ1) is 28.8. The predicted molar refractivity (Wildman–Crippen MR) is 125 cm³/mol. The lowest BCUT2D eigenvalue weighted by Crippen LogP contribution is -2.05. The first-order valence-corrected chi connectivity index (χ1v) is 9.04. The van der Waals surface area contributed by atoms with E-state index in [4.69, 9.17) is 24.4 Å². The molecule has 0 saturated carbocycles. The van der Waals surface area contributed by atoms with Gasteiger partial charge in [-0.05, 0) is 42.0 Å². The van der Waals surface area contributed by atoms with Gasteiger partial charge in [-0.15, -0.1) is 0 Å². The van der Waals surface area contributed by atoms with E-state index in [1.165, 1.54) is 44.6 Å². The van der Waals surface area contributed by atoms with Gasteiger partial charge in [-0.2, -0.15) is 0 Å². The minimum Gasteiger partial charge on any atom is -0.507 e. The number of hydrogen-bond donors (Lipinski definition) is 3. The maximum atomic E-state index is 11.9. The number of methoxy groups -OCH3 is 2. The van der Waals surface area contributed by atoms with Gasteiger partial charge in [-0.25, -0.2) is 9.59 Å². The van der Waals surface area contributed by atoms with Gasteiger partial charge in [0.1, 0.15) is 40.7 Å². The average Bonchev–Trinajstić information content (AvgIpc) is 2.79. The number of carbonyl (C=O) groups excluding carboxylic acids is 1. The van der Waals surface area contributed by atoms with E-state index >= 15 is 0 Å². The van der Waals surface area contributed by atoms with Crippen LogP contribution in [-0.2, 0) is 11.3 Å². The van der Waals surface area contributed by atoms with Crippen LogP contribution < -0.4 is 9.47 Å². The summed E-state index contributed by atoms with van der Waals surface area (Å²) < 4.78 is 14.9. The fraction of sp³-hybridized carbons (Fsp3) is 0.200. The highest BCUT2D eigenvalue weighted by atomic mass is 16.5. The number of rotatable bonds is 6. The van der Waals surface area contributed by atoms with Crippen molar-refractivity contribution in [2.24, 2.45) is 0 Å². The molecule has 0 unspecified atom stereocenters. The Bertz CT molecular complexity index is 1030. The lowest BCUT2D eigenvalue weighted by atomic mass is 10.2. The number of hydrogen-bond acceptors (Lipinski definition) is 7. The number of benzene rings is 3. The second-order valence-electron chi connectivity index (χ2n) is 6.13. The second-order valence-corrected chi connectivity index (χ2v) is 6.13. The molecule has 0 spiro atoms. The molecule has 3 aromatic rings. The quantitative estimate of drug-likeness (QED) is 0.435. The summed E-state index contributed by atoms with van der Waals surface area (Å²) in [6, 6.07) is 17.8. The van der Waals surface area contributed by atoms with Crippen LogP contribution in [0.15, 0.2) is 66.7 Å². The monoisotopic (exact) mass is 458 g/mol. The third-order valence-electron chi connectivity index (χ3n) is 4.07. The molecule has 3 aromatic carbocycles. The molecule has 0 bridgehead atoms. The topological polar surface area (TPSA) is 123 Å². The summed E-state index contributed by atoms with van der Waals surface area (Å²) in [5, 5.41) is 27.3. The van der Waals surface area contributed by atoms with Crippen molar-refractivity contribution in [3.05, 3.63) is 83.4 Å². The number of aromatic carboxylic acids is 1. The Morgan fingerprint density at radius 3 is 1.73 bits per heavy atom. The number of ether oxygens (including phenoxy) is 3. The standard InChI is InChI=1S/C15H14O4.C8H8O4.2CH4/c1-18-12-7-8-14(16)13(9-12)15(17)19-10-11-5-3-2-4-6-11;1-12-5-2-3-7(9)6(4-5)8(10)11;;/h2-9,16H,10H2,1H3;2-4,9H,1H3,(H,10,11);2*1H4. The molecule has 178 valence electrons. The molecule has 3 rings (SSSR count). The molecule has 0 aliphatic heterocycles. The Kier molecular flexibility index (Phi) is 12.2. The van der Waals surface area contributed by atoms with E-state index in [1.54, 1.807) is 6.07 Å². The molecule has 8 nitrogen and oxygen atoms in total. The van der Waals surface area contributed by atoms with Crippen molar-refractivity contribution in [1.29, 1.82) is 0 Å². The van der Waals surface area contributed by atoms with Gasteiger partial charge in [-0.3, -0.25) is 0 Å². The van der Waals surface area contributed by atoms with Crippen LogP contribution >= 0.6 is 0 Å². The van der Waals surface area contributed by atoms with Crippen molar-refractivity contribution in [2.75, 3.05) is 14.2 Å². The van der Waals surface area contributed by atoms with Gasteiger partial charge < -0.3 is 29.5 Å². The van der Waals surface area contributed by atoms with Crippen LogP contribution in [0.2, 0.25) is 0 Å². The Balaban J connectivity index is 0.000000640. The number of carboxylic acid groups (broad SMARTS) is 1. The van der Waals surface area contributed by atoms with Crippen LogP contribution in [0.4, 0.5) is 0 Å². The summed E-state index contributed by atoms with van der Waals surface area (Å²) in [6.07, 6.45) is 0. The zero-order valence-electron chi connectivity index (χ0n) is 16.9. The van der Waals surface area contributed by atoms with Crippen molar-refractivity contribution in [2.45, 2.75) is 21.5 Å². The molecule has 0 aliphatic rings. The number of aromatic hydroxyl groups is 2. The fourth-order valence-corrected chi connectivity index (χ4v) is 2.42. The van der Waals surface area contributed by atoms with Gasteiger partial charge in [-0.1, -0.05) is 45.2 Å². The molecule has 0 saturated heterocycles. The zero-order valence-corrected chi connectivity index (χ0v) is 16.9. The van der Waals surface area contributed by atoms with E-state index in [9.17, 15) is 14.7 Å². The molecule has 3 N–H and O–H groups in total. The lowest BCUT2D eigenvalue weighted by molar-refractivity contribution is 0.0468. The summed E-state index contributed by atoms with van der Waals surface area (Å²) in [5.74, 6) is -1.25. The minimum absolute atomic E-state index is 0. The van der Waals surface area contributed by atoms with E-state index in [2.05, 4.69) is 0 Å². The second kappa shape index (κ2) is 14.0. The molecule has 8 heteroatoms. The highest BCUT2D eigenvalue weighted by molar-refractivity contribution is 5.93. The molecular formula is C25H30O8. The number of phenolic OH excluding ortho intramolecular Hbond substituents is 1. The van der Waals surface area contributed by atoms with Gasteiger partial charge in [0.15, 0.2) is 0 Å². The van der Waals surface area contributed by atoms with Crippen molar-refractivity contribution >= 4 is 11.9 Å². The number of carbonyl (C=O) groups is 2. The summed E-state index contributed by atoms with van der Waals surface area (Å²) >= 11 is 0. The fourth-order valence-electron chi connectivity index (χ4n) is 2.42. The number of esters is 1. The zero-order chi connectivity index (χ0) is 22.8. The molecule has 0 radical (unpaired) electrons. The van der Waals surface area contributed by atoms with E-state index < -0.39 is 11.9 Å². The average molecular weight is 459 g/mol. The minimum atomic E-state index is -1.17. The van der Waals surface area contributed by atoms with Gasteiger partial charge in [0, 0.05) is 0 Å². The molecule has 0 amide bonds. The van der Waals surface area contributed by atoms with Crippen LogP contribution in [0.5, 0.6) is 23.0 Å². The molecule has 0 atom stereocenters. The molecule has 0 aromatic heterocycles. The summed E-state index contributed by atoms with van der Waals surface area (Å²) in [7, 11) is 2.92. The highest BCUT2D eigenvalue weighted by Gasteiger charge is 2.14. The van der Waals surface area contributed by atoms with Gasteiger partial charge in [0.25, 0.3) is 0 Å². The van der Waals surface area contributed by atoms with Gasteiger partial charge in [0.05, 0.1) is 14.2 Å². The SMILES string of the molecule is C.C.COc1ccc(O)c(C(=O)O)c1.COc1ccc(O)c(C(=O)OCc2ccccc2)c1. The van der Waals surface area contributed by atoms with Crippen LogP contribution in [0.25, 0.3) is 0 Å². The maximum Gasteiger partial charge on any atom is 0.342 e. The summed E-state index contributed by atoms with van der Waals surface area (Å²) in [5.41, 5.74) is 0.822. The van der Waals surface area contributed by atoms with Crippen LogP contribution in [-0.4, -0.2) is 41.5 Å². The van der Waals surface area contributed by atoms with Crippen molar-refractivity contribution in [1.82, 2.24) is 0 Å². The van der Waals surface area contributed by atoms with E-state index in [-0.39, 0.29) is 44.1 Å². The first-order chi connectivity index (χ1) is 14.8. The van der Waals surface area contributed by atoms with Gasteiger partial charge >= 0.3 is 11.9 Å². The molecule has 33 heavy (non-hydrogen) atoms. The predicted octanol–water partition coefficient (Wildman–Crippen LogP) is 5.13. The molecule has 0 aliphatic carbocycles. The normalized spacial score (nSPS) is 9.15. The number of phenols is 2. The molecule has 0 fully saturated rings. The van der Waals surface area contributed by atoms with Crippen molar-refractivity contribution in [3.63, 3.8) is 0 Å². The smallest absolute Gasteiger partial charge is 0.342 e. The Morgan fingerprint density at radius 1 is 0.758 bits per heavy atom. The Morgan fingerprint density at radius 2 is 1.24 bits per heavy atom. The van der Waals surface area contributed by atoms with Crippen molar-refractivity contribution < 1.29 is 39.1 Å². The Labute approximate surface area is 193 Å². The molecular weight excluding hydrogens is 428 g/mol. The highest BCUT2D eigenvalue weighted by Crippen LogP contribution is 2.24. The largest absolute Gasteiger partial charge is 0.507 e. The van der Waals surface area contributed by atoms with E-state index in [1.807, 2.05) is 30.3 Å². The Hall–Kier alpha value is -4.20. The van der Waals surface area contributed by atoms with Crippen molar-refractivity contribution in [3.8, 4) is 23.0 Å². The molecule has 0 heterocycles. The van der Waals surface area contributed by atoms with Crippen LogP contribution in [0, 0.1) is 0 Å². The number of carboxylic acids is 1. The van der Waals surface area contributed by atoms with E-state index in [0.29, 0.717) is 11.5 Å². The van der Waals surface area contributed by atoms with Gasteiger partial charge in [0.2, 0.25) is 0 Å². The van der Waals surface area contributed by atoms with Crippen LogP contribution in [0.3, 0.4) is 0 Å². The van der Waals surface area contributed by atoms with Crippen LogP contribution in [0.1, 0.15) is 41.1 Å². The van der Waals surface area contributed by atoms with E-state index in [0.717, 1.165) is 5.56 Å². The summed E-state index contributed by atoms with van der Waals surface area (Å²) in [4.78, 5) is 22.3. The third kappa shape index (κ3) is 8.45. The summed E-state index contributed by atoms with van der Waals surface area (Å²) in [6.45, 7) is 0.163. The lowest BCUT2D eigenvalue weighted by Gasteiger charge is -2.08.